The molecule has 0 heterocycles. The number of nitrogens with zero attached hydrogens (tertiary/aromatic N) is 1. The van der Waals surface area contributed by atoms with Crippen LogP contribution in [-0.2, 0) is 9.84 Å². The maximum absolute atomic E-state index is 11.5. The number of hydrogen-bond acceptors (Lipinski definition) is 4. The molecule has 0 bridgehead atoms. The molecule has 0 amide bonds. The smallest absolute Gasteiger partial charge is 0.151 e. The molecule has 0 aliphatic rings. The lowest BCUT2D eigenvalue weighted by atomic mass is 10.3. The van der Waals surface area contributed by atoms with Crippen LogP contribution in [0.4, 0.5) is 0 Å². The van der Waals surface area contributed by atoms with Crippen LogP contribution in [-0.4, -0.2) is 50.5 Å². The van der Waals surface area contributed by atoms with E-state index in [0.717, 1.165) is 6.54 Å². The summed E-state index contributed by atoms with van der Waals surface area (Å²) >= 11 is 0. The van der Waals surface area contributed by atoms with E-state index in [1.54, 1.807) is 0 Å². The monoisotopic (exact) mass is 236 g/mol. The van der Waals surface area contributed by atoms with Crippen molar-refractivity contribution in [1.82, 2.24) is 4.90 Å². The van der Waals surface area contributed by atoms with E-state index in [0.29, 0.717) is 31.3 Å². The Kier molecular flexibility index (Phi) is 7.13. The van der Waals surface area contributed by atoms with Gasteiger partial charge in [0.05, 0.1) is 5.75 Å². The topological polar surface area (TPSA) is 63.4 Å². The molecule has 0 aliphatic carbocycles. The maximum Gasteiger partial charge on any atom is 0.151 e. The minimum atomic E-state index is -2.86. The standard InChI is InChI=1S/C10H24N2O2S/c1-4-8-15(13,14)9-7-12(6-5-11)10(2)3/h10H,4-9,11H2,1-3H3. The normalized spacial score (nSPS) is 12.7. The number of nitrogens with two attached hydrogens (primary N) is 1. The van der Waals surface area contributed by atoms with Crippen LogP contribution in [0.5, 0.6) is 0 Å². The molecular weight excluding hydrogens is 212 g/mol. The van der Waals surface area contributed by atoms with Gasteiger partial charge in [-0.1, -0.05) is 6.92 Å². The van der Waals surface area contributed by atoms with Crippen LogP contribution in [0.3, 0.4) is 0 Å². The molecule has 4 nitrogen and oxygen atoms in total. The van der Waals surface area contributed by atoms with Gasteiger partial charge in [-0.2, -0.15) is 0 Å². The molecule has 15 heavy (non-hydrogen) atoms. The molecule has 0 aliphatic heterocycles. The molecule has 92 valence electrons. The van der Waals surface area contributed by atoms with Crippen molar-refractivity contribution in [3.63, 3.8) is 0 Å². The van der Waals surface area contributed by atoms with Crippen LogP contribution in [0.15, 0.2) is 0 Å². The molecule has 0 spiro atoms. The summed E-state index contributed by atoms with van der Waals surface area (Å²) in [7, 11) is -2.86. The van der Waals surface area contributed by atoms with E-state index in [2.05, 4.69) is 18.7 Å². The van der Waals surface area contributed by atoms with Gasteiger partial charge in [0.15, 0.2) is 9.84 Å². The zero-order valence-corrected chi connectivity index (χ0v) is 10.9. The van der Waals surface area contributed by atoms with Gasteiger partial charge < -0.3 is 5.73 Å². The van der Waals surface area contributed by atoms with E-state index < -0.39 is 9.84 Å². The second kappa shape index (κ2) is 7.19. The summed E-state index contributed by atoms with van der Waals surface area (Å²) in [5.74, 6) is 0.542. The van der Waals surface area contributed by atoms with Crippen LogP contribution < -0.4 is 5.73 Å². The Bertz CT molecular complexity index is 250. The van der Waals surface area contributed by atoms with E-state index in [9.17, 15) is 8.42 Å². The van der Waals surface area contributed by atoms with Crippen molar-refractivity contribution in [3.8, 4) is 0 Å². The van der Waals surface area contributed by atoms with Crippen molar-refractivity contribution in [1.29, 1.82) is 0 Å². The molecular formula is C10H24N2O2S. The lowest BCUT2D eigenvalue weighted by Crippen LogP contribution is -2.38. The Labute approximate surface area is 93.7 Å². The predicted octanol–water partition coefficient (Wildman–Crippen LogP) is 0.480. The summed E-state index contributed by atoms with van der Waals surface area (Å²) in [4.78, 5) is 2.10. The highest BCUT2D eigenvalue weighted by Gasteiger charge is 2.14. The van der Waals surface area contributed by atoms with Crippen molar-refractivity contribution >= 4 is 9.84 Å². The lowest BCUT2D eigenvalue weighted by molar-refractivity contribution is 0.241. The van der Waals surface area contributed by atoms with E-state index in [-0.39, 0.29) is 5.75 Å². The minimum Gasteiger partial charge on any atom is -0.329 e. The average molecular weight is 236 g/mol. The Balaban J connectivity index is 4.09. The van der Waals surface area contributed by atoms with Gasteiger partial charge in [-0.05, 0) is 20.3 Å². The van der Waals surface area contributed by atoms with Gasteiger partial charge in [-0.3, -0.25) is 4.90 Å². The Hall–Kier alpha value is -0.130. The molecule has 0 aromatic heterocycles. The van der Waals surface area contributed by atoms with Gasteiger partial charge in [0.2, 0.25) is 0 Å². The van der Waals surface area contributed by atoms with Crippen LogP contribution in [0.2, 0.25) is 0 Å². The van der Waals surface area contributed by atoms with E-state index in [1.807, 2.05) is 6.92 Å². The summed E-state index contributed by atoms with van der Waals surface area (Å²) in [6, 6.07) is 0.352. The zero-order chi connectivity index (χ0) is 11.9. The van der Waals surface area contributed by atoms with Crippen LogP contribution in [0.25, 0.3) is 0 Å². The largest absolute Gasteiger partial charge is 0.329 e. The summed E-state index contributed by atoms with van der Waals surface area (Å²) in [6.45, 7) is 7.93. The number of hydrogen-bond donors (Lipinski definition) is 1. The molecule has 0 saturated heterocycles. The highest BCUT2D eigenvalue weighted by molar-refractivity contribution is 7.91. The predicted molar refractivity (Wildman–Crippen MR) is 64.7 cm³/mol. The second-order valence-electron chi connectivity index (χ2n) is 4.07. The summed E-state index contributed by atoms with van der Waals surface area (Å²) in [5.41, 5.74) is 5.47. The van der Waals surface area contributed by atoms with Gasteiger partial charge in [0.1, 0.15) is 0 Å². The Morgan fingerprint density at radius 2 is 1.80 bits per heavy atom. The first-order valence-electron chi connectivity index (χ1n) is 5.57. The van der Waals surface area contributed by atoms with Crippen LogP contribution in [0, 0.1) is 0 Å². The molecule has 0 aromatic rings. The molecule has 0 radical (unpaired) electrons. The number of sulfone groups is 1. The van der Waals surface area contributed by atoms with Gasteiger partial charge >= 0.3 is 0 Å². The summed E-state index contributed by atoms with van der Waals surface area (Å²) in [5, 5.41) is 0. The first-order valence-corrected chi connectivity index (χ1v) is 7.39. The third-order valence-corrected chi connectivity index (χ3v) is 4.19. The van der Waals surface area contributed by atoms with Gasteiger partial charge in [0.25, 0.3) is 0 Å². The SMILES string of the molecule is CCCS(=O)(=O)CCN(CCN)C(C)C. The fourth-order valence-corrected chi connectivity index (χ4v) is 2.80. The van der Waals surface area contributed by atoms with Gasteiger partial charge in [-0.25, -0.2) is 8.42 Å². The highest BCUT2D eigenvalue weighted by Crippen LogP contribution is 2.00. The van der Waals surface area contributed by atoms with Gasteiger partial charge in [-0.15, -0.1) is 0 Å². The fraction of sp³-hybridized carbons (Fsp3) is 1.00. The third kappa shape index (κ3) is 6.87. The van der Waals surface area contributed by atoms with Crippen LogP contribution >= 0.6 is 0 Å². The first kappa shape index (κ1) is 14.9. The highest BCUT2D eigenvalue weighted by atomic mass is 32.2. The van der Waals surface area contributed by atoms with E-state index in [1.165, 1.54) is 0 Å². The average Bonchev–Trinajstić information content (AvgIpc) is 2.11. The third-order valence-electron chi connectivity index (χ3n) is 2.35. The van der Waals surface area contributed by atoms with Crippen molar-refractivity contribution < 1.29 is 8.42 Å². The number of rotatable bonds is 8. The second-order valence-corrected chi connectivity index (χ2v) is 6.37. The molecule has 0 atom stereocenters. The molecule has 2 N–H and O–H groups in total. The molecule has 0 fully saturated rings. The Morgan fingerprint density at radius 1 is 1.20 bits per heavy atom. The van der Waals surface area contributed by atoms with Crippen molar-refractivity contribution in [3.05, 3.63) is 0 Å². The van der Waals surface area contributed by atoms with E-state index in [4.69, 9.17) is 5.73 Å². The molecule has 0 unspecified atom stereocenters. The van der Waals surface area contributed by atoms with Crippen molar-refractivity contribution in [2.45, 2.75) is 33.2 Å². The first-order chi connectivity index (χ1) is 6.93. The fourth-order valence-electron chi connectivity index (χ4n) is 1.46. The molecule has 5 heteroatoms. The minimum absolute atomic E-state index is 0.249. The maximum atomic E-state index is 11.5. The molecule has 0 aromatic carbocycles. The van der Waals surface area contributed by atoms with Crippen molar-refractivity contribution in [2.75, 3.05) is 31.1 Å². The quantitative estimate of drug-likeness (QED) is 0.666. The van der Waals surface area contributed by atoms with Crippen molar-refractivity contribution in [2.24, 2.45) is 5.73 Å². The van der Waals surface area contributed by atoms with E-state index >= 15 is 0 Å². The molecule has 0 saturated carbocycles. The van der Waals surface area contributed by atoms with Crippen LogP contribution in [0.1, 0.15) is 27.2 Å². The summed E-state index contributed by atoms with van der Waals surface area (Å²) in [6.07, 6.45) is 0.695. The molecule has 0 rings (SSSR count). The lowest BCUT2D eigenvalue weighted by Gasteiger charge is -2.25. The summed E-state index contributed by atoms with van der Waals surface area (Å²) < 4.78 is 23.0. The van der Waals surface area contributed by atoms with Gasteiger partial charge in [0, 0.05) is 31.4 Å². The Morgan fingerprint density at radius 3 is 2.20 bits per heavy atom. The zero-order valence-electron chi connectivity index (χ0n) is 10.1.